The predicted molar refractivity (Wildman–Crippen MR) is 134 cm³/mol. The first-order valence-electron chi connectivity index (χ1n) is 11.1. The average Bonchev–Trinajstić information content (AvgIpc) is 2.62. The molecule has 0 bridgehead atoms. The summed E-state index contributed by atoms with van der Waals surface area (Å²) < 4.78 is 6.03. The number of hydrogen-bond acceptors (Lipinski definition) is 1. The van der Waals surface area contributed by atoms with Crippen LogP contribution in [-0.2, 0) is 10.2 Å². The van der Waals surface area contributed by atoms with Gasteiger partial charge in [-0.2, -0.15) is 0 Å². The van der Waals surface area contributed by atoms with Gasteiger partial charge in [0.15, 0.2) is 0 Å². The number of benzene rings is 1. The molecule has 0 aliphatic heterocycles. The minimum absolute atomic E-state index is 0.0193. The molecule has 0 unspecified atom stereocenters. The molecule has 0 fully saturated rings. The third-order valence-electron chi connectivity index (χ3n) is 5.76. The van der Waals surface area contributed by atoms with Crippen LogP contribution in [-0.4, -0.2) is 6.61 Å². The highest BCUT2D eigenvalue weighted by molar-refractivity contribution is 5.28. The third-order valence-corrected chi connectivity index (χ3v) is 5.76. The van der Waals surface area contributed by atoms with Crippen molar-refractivity contribution in [3.63, 3.8) is 0 Å². The fourth-order valence-corrected chi connectivity index (χ4v) is 4.74. The van der Waals surface area contributed by atoms with Crippen LogP contribution in [0.3, 0.4) is 0 Å². The van der Waals surface area contributed by atoms with Crippen LogP contribution in [0.4, 0.5) is 0 Å². The van der Waals surface area contributed by atoms with Crippen molar-refractivity contribution in [1.29, 1.82) is 0 Å². The zero-order chi connectivity index (χ0) is 23.1. The Labute approximate surface area is 186 Å². The maximum atomic E-state index is 6.03. The maximum Gasteiger partial charge on any atom is 0.0924 e. The molecule has 1 nitrogen and oxygen atoms in total. The largest absolute Gasteiger partial charge is 0.501 e. The summed E-state index contributed by atoms with van der Waals surface area (Å²) in [5.41, 5.74) is 2.81. The lowest BCUT2D eigenvalue weighted by Gasteiger charge is -2.36. The topological polar surface area (TPSA) is 9.23 Å². The lowest BCUT2D eigenvalue weighted by atomic mass is 9.71. The van der Waals surface area contributed by atoms with Gasteiger partial charge in [-0.3, -0.25) is 0 Å². The zero-order valence-electron chi connectivity index (χ0n) is 20.7. The van der Waals surface area contributed by atoms with Crippen molar-refractivity contribution in [3.05, 3.63) is 85.2 Å². The van der Waals surface area contributed by atoms with Crippen LogP contribution >= 0.6 is 0 Å². The number of rotatable bonds is 12. The monoisotopic (exact) mass is 408 g/mol. The number of ether oxygens (including phenoxy) is 1. The molecule has 0 N–H and O–H groups in total. The van der Waals surface area contributed by atoms with Gasteiger partial charge in [-0.1, -0.05) is 117 Å². The smallest absolute Gasteiger partial charge is 0.0924 e. The van der Waals surface area contributed by atoms with Gasteiger partial charge in [-0.15, -0.1) is 0 Å². The fraction of sp³-hybridized carbons (Fsp3) is 0.517. The lowest BCUT2D eigenvalue weighted by Crippen LogP contribution is -2.28. The second-order valence-electron chi connectivity index (χ2n) is 11.3. The van der Waals surface area contributed by atoms with E-state index in [2.05, 4.69) is 111 Å². The molecule has 0 saturated carbocycles. The summed E-state index contributed by atoms with van der Waals surface area (Å²) >= 11 is 0. The van der Waals surface area contributed by atoms with Crippen LogP contribution in [0.1, 0.15) is 73.8 Å². The molecule has 0 aliphatic carbocycles. The predicted octanol–water partition coefficient (Wildman–Crippen LogP) is 8.65. The summed E-state index contributed by atoms with van der Waals surface area (Å²) in [6.07, 6.45) is 12.0. The highest BCUT2D eigenvalue weighted by atomic mass is 16.5. The van der Waals surface area contributed by atoms with Crippen molar-refractivity contribution < 1.29 is 4.74 Å². The van der Waals surface area contributed by atoms with Gasteiger partial charge in [0.25, 0.3) is 0 Å². The molecule has 0 aliphatic rings. The third kappa shape index (κ3) is 8.38. The molecule has 0 heterocycles. The van der Waals surface area contributed by atoms with Crippen molar-refractivity contribution in [2.45, 2.75) is 73.6 Å². The molecule has 0 spiro atoms. The summed E-state index contributed by atoms with van der Waals surface area (Å²) in [6, 6.07) is 10.8. The van der Waals surface area contributed by atoms with Crippen molar-refractivity contribution in [2.75, 3.05) is 6.61 Å². The van der Waals surface area contributed by atoms with Gasteiger partial charge in [0.2, 0.25) is 0 Å². The second-order valence-corrected chi connectivity index (χ2v) is 11.3. The van der Waals surface area contributed by atoms with Gasteiger partial charge in [0, 0.05) is 0 Å². The highest BCUT2D eigenvalue weighted by Crippen LogP contribution is 2.40. The van der Waals surface area contributed by atoms with Crippen LogP contribution < -0.4 is 0 Å². The quantitative estimate of drug-likeness (QED) is 0.248. The maximum absolute atomic E-state index is 6.03. The number of hydrogen-bond donors (Lipinski definition) is 0. The van der Waals surface area contributed by atoms with Crippen LogP contribution in [0.15, 0.2) is 79.6 Å². The molecular formula is C29H44O. The summed E-state index contributed by atoms with van der Waals surface area (Å²) in [4.78, 5) is 0. The van der Waals surface area contributed by atoms with Crippen molar-refractivity contribution in [2.24, 2.45) is 16.2 Å². The fourth-order valence-electron chi connectivity index (χ4n) is 4.74. The van der Waals surface area contributed by atoms with E-state index in [4.69, 9.17) is 4.74 Å². The van der Waals surface area contributed by atoms with Gasteiger partial charge < -0.3 is 4.74 Å². The van der Waals surface area contributed by atoms with E-state index in [0.717, 1.165) is 12.8 Å². The first-order chi connectivity index (χ1) is 13.7. The number of allylic oxidation sites excluding steroid dienone is 5. The Balaban J connectivity index is 2.70. The molecule has 1 heteroatoms. The van der Waals surface area contributed by atoms with Crippen molar-refractivity contribution >= 4 is 0 Å². The van der Waals surface area contributed by atoms with E-state index in [1.165, 1.54) is 11.1 Å². The Hall–Kier alpha value is -2.02. The first kappa shape index (κ1) is 26.0. The standard InChI is InChI=1S/C29H44O/c1-11-16-24(12-2)28(7,8)22-27(5,6)23-30-20-19-26(3,4)21-29(9,10)25-17-14-13-15-18-25/h11-20H,1-2,21-23H2,3-10H3/b20-19+,24-16+. The minimum Gasteiger partial charge on any atom is -0.501 e. The minimum atomic E-state index is 0.0193. The van der Waals surface area contributed by atoms with E-state index in [1.54, 1.807) is 0 Å². The summed E-state index contributed by atoms with van der Waals surface area (Å²) in [5, 5.41) is 0. The van der Waals surface area contributed by atoms with E-state index in [0.29, 0.717) is 6.61 Å². The summed E-state index contributed by atoms with van der Waals surface area (Å²) in [7, 11) is 0. The molecule has 0 amide bonds. The normalized spacial score (nSPS) is 14.1. The molecular weight excluding hydrogens is 364 g/mol. The molecule has 1 rings (SSSR count). The zero-order valence-corrected chi connectivity index (χ0v) is 20.7. The average molecular weight is 409 g/mol. The molecule has 166 valence electrons. The molecule has 30 heavy (non-hydrogen) atoms. The molecule has 0 aromatic heterocycles. The van der Waals surface area contributed by atoms with E-state index < -0.39 is 0 Å². The van der Waals surface area contributed by atoms with Gasteiger partial charge in [-0.05, 0) is 51.7 Å². The Morgan fingerprint density at radius 2 is 1.50 bits per heavy atom. The van der Waals surface area contributed by atoms with Gasteiger partial charge in [0.1, 0.15) is 0 Å². The van der Waals surface area contributed by atoms with Crippen LogP contribution in [0.2, 0.25) is 0 Å². The Morgan fingerprint density at radius 3 is 2.03 bits per heavy atom. The Bertz CT molecular complexity index is 742. The van der Waals surface area contributed by atoms with Gasteiger partial charge >= 0.3 is 0 Å². The van der Waals surface area contributed by atoms with Crippen LogP contribution in [0, 0.1) is 16.2 Å². The molecule has 1 aromatic rings. The molecule has 0 atom stereocenters. The molecule has 1 aromatic carbocycles. The van der Waals surface area contributed by atoms with Crippen molar-refractivity contribution in [1.82, 2.24) is 0 Å². The second kappa shape index (κ2) is 10.3. The Kier molecular flexibility index (Phi) is 8.96. The van der Waals surface area contributed by atoms with Crippen LogP contribution in [0.5, 0.6) is 0 Å². The van der Waals surface area contributed by atoms with E-state index in [9.17, 15) is 0 Å². The van der Waals surface area contributed by atoms with E-state index in [1.807, 2.05) is 18.4 Å². The summed E-state index contributed by atoms with van der Waals surface area (Å²) in [5.74, 6) is 0. The first-order valence-corrected chi connectivity index (χ1v) is 11.1. The molecule has 0 radical (unpaired) electrons. The summed E-state index contributed by atoms with van der Waals surface area (Å²) in [6.45, 7) is 26.7. The SMILES string of the molecule is C=C/C=C(\C=C)C(C)(C)CC(C)(C)CO/C=C/C(C)(C)CC(C)(C)c1ccccc1. The lowest BCUT2D eigenvalue weighted by molar-refractivity contribution is 0.0997. The van der Waals surface area contributed by atoms with Crippen LogP contribution in [0.25, 0.3) is 0 Å². The van der Waals surface area contributed by atoms with Gasteiger partial charge in [-0.25, -0.2) is 0 Å². The van der Waals surface area contributed by atoms with Crippen molar-refractivity contribution in [3.8, 4) is 0 Å². The molecule has 0 saturated heterocycles. The van der Waals surface area contributed by atoms with E-state index in [-0.39, 0.29) is 21.7 Å². The van der Waals surface area contributed by atoms with E-state index >= 15 is 0 Å². The Morgan fingerprint density at radius 1 is 0.900 bits per heavy atom. The van der Waals surface area contributed by atoms with Gasteiger partial charge in [0.05, 0.1) is 12.9 Å². The highest BCUT2D eigenvalue weighted by Gasteiger charge is 2.31.